The van der Waals surface area contributed by atoms with E-state index in [9.17, 15) is 0 Å². The molecule has 0 aromatic carbocycles. The normalized spacial score (nSPS) is 23.5. The highest BCUT2D eigenvalue weighted by Crippen LogP contribution is 2.23. The molecule has 1 aliphatic heterocycles. The van der Waals surface area contributed by atoms with Crippen molar-refractivity contribution in [2.45, 2.75) is 38.6 Å². The van der Waals surface area contributed by atoms with Gasteiger partial charge in [-0.25, -0.2) is 0 Å². The van der Waals surface area contributed by atoms with Crippen LogP contribution >= 0.6 is 0 Å². The van der Waals surface area contributed by atoms with Crippen LogP contribution in [0.4, 0.5) is 5.82 Å². The minimum absolute atomic E-state index is 0.666. The summed E-state index contributed by atoms with van der Waals surface area (Å²) in [7, 11) is 0. The molecule has 4 heteroatoms. The molecule has 1 aromatic heterocycles. The van der Waals surface area contributed by atoms with E-state index in [0.29, 0.717) is 6.04 Å². The number of H-pyrrole nitrogens is 1. The molecule has 2 heterocycles. The molecule has 0 spiro atoms. The zero-order chi connectivity index (χ0) is 9.10. The van der Waals surface area contributed by atoms with Crippen molar-refractivity contribution in [3.05, 3.63) is 6.20 Å². The van der Waals surface area contributed by atoms with Crippen LogP contribution in [-0.4, -0.2) is 28.0 Å². The first-order valence-corrected chi connectivity index (χ1v) is 5.04. The largest absolute Gasteiger partial charge is 0.351 e. The standard InChI is InChI=1S/C9H16N4/c1-2-8-5-3-4-6-13(8)9-7-10-12-11-9/h7-8H,2-6H2,1H3,(H,10,11,12). The quantitative estimate of drug-likeness (QED) is 0.751. The van der Waals surface area contributed by atoms with Gasteiger partial charge in [0, 0.05) is 12.6 Å². The number of hydrogen-bond donors (Lipinski definition) is 1. The smallest absolute Gasteiger partial charge is 0.171 e. The Labute approximate surface area is 78.3 Å². The van der Waals surface area contributed by atoms with Gasteiger partial charge in [0.2, 0.25) is 0 Å². The predicted octanol–water partition coefficient (Wildman–Crippen LogP) is 1.57. The Morgan fingerprint density at radius 2 is 2.54 bits per heavy atom. The monoisotopic (exact) mass is 180 g/mol. The van der Waals surface area contributed by atoms with Crippen LogP contribution in [0, 0.1) is 0 Å². The van der Waals surface area contributed by atoms with Crippen molar-refractivity contribution in [3.8, 4) is 0 Å². The lowest BCUT2D eigenvalue weighted by molar-refractivity contribution is 0.446. The third-order valence-electron chi connectivity index (χ3n) is 2.79. The lowest BCUT2D eigenvalue weighted by Crippen LogP contribution is -2.39. The first-order chi connectivity index (χ1) is 6.42. The molecule has 1 unspecified atom stereocenters. The van der Waals surface area contributed by atoms with Gasteiger partial charge in [0.05, 0.1) is 6.20 Å². The first-order valence-electron chi connectivity index (χ1n) is 5.04. The van der Waals surface area contributed by atoms with Crippen LogP contribution in [0.1, 0.15) is 32.6 Å². The maximum atomic E-state index is 4.13. The summed E-state index contributed by atoms with van der Waals surface area (Å²) in [6.07, 6.45) is 6.94. The highest BCUT2D eigenvalue weighted by atomic mass is 15.4. The second-order valence-corrected chi connectivity index (χ2v) is 3.58. The molecule has 1 atom stereocenters. The number of hydrogen-bond acceptors (Lipinski definition) is 3. The van der Waals surface area contributed by atoms with E-state index in [0.717, 1.165) is 12.4 Å². The summed E-state index contributed by atoms with van der Waals surface area (Å²) < 4.78 is 0. The van der Waals surface area contributed by atoms with E-state index in [-0.39, 0.29) is 0 Å². The Kier molecular flexibility index (Phi) is 2.47. The number of aromatic amines is 1. The summed E-state index contributed by atoms with van der Waals surface area (Å²) in [5.74, 6) is 1.01. The fourth-order valence-corrected chi connectivity index (χ4v) is 2.06. The van der Waals surface area contributed by atoms with E-state index >= 15 is 0 Å². The molecule has 1 aliphatic rings. The van der Waals surface area contributed by atoms with E-state index < -0.39 is 0 Å². The van der Waals surface area contributed by atoms with Gasteiger partial charge in [0.1, 0.15) is 0 Å². The summed E-state index contributed by atoms with van der Waals surface area (Å²) in [4.78, 5) is 2.37. The minimum atomic E-state index is 0.666. The second kappa shape index (κ2) is 3.77. The molecule has 1 N–H and O–H groups in total. The summed E-state index contributed by atoms with van der Waals surface area (Å²) in [6, 6.07) is 0.666. The fraction of sp³-hybridized carbons (Fsp3) is 0.778. The molecule has 72 valence electrons. The van der Waals surface area contributed by atoms with Crippen molar-refractivity contribution in [1.82, 2.24) is 15.4 Å². The average Bonchev–Trinajstić information content (AvgIpc) is 2.70. The fourth-order valence-electron chi connectivity index (χ4n) is 2.06. The molecule has 1 fully saturated rings. The average molecular weight is 180 g/mol. The highest BCUT2D eigenvalue weighted by Gasteiger charge is 2.22. The van der Waals surface area contributed by atoms with Gasteiger partial charge in [-0.2, -0.15) is 10.3 Å². The van der Waals surface area contributed by atoms with Crippen LogP contribution in [-0.2, 0) is 0 Å². The molecule has 0 amide bonds. The van der Waals surface area contributed by atoms with Crippen LogP contribution in [0.2, 0.25) is 0 Å². The summed E-state index contributed by atoms with van der Waals surface area (Å²) >= 11 is 0. The molecule has 4 nitrogen and oxygen atoms in total. The SMILES string of the molecule is CCC1CCCCN1c1cn[nH]n1. The van der Waals surface area contributed by atoms with E-state index in [2.05, 4.69) is 27.2 Å². The molecule has 1 saturated heterocycles. The maximum absolute atomic E-state index is 4.13. The van der Waals surface area contributed by atoms with Crippen LogP contribution in [0.15, 0.2) is 6.20 Å². The Bertz CT molecular complexity index is 244. The summed E-state index contributed by atoms with van der Waals surface area (Å²) in [5.41, 5.74) is 0. The third kappa shape index (κ3) is 1.66. The molecule has 0 radical (unpaired) electrons. The van der Waals surface area contributed by atoms with Crippen molar-refractivity contribution in [1.29, 1.82) is 0 Å². The molecule has 1 aromatic rings. The molecular formula is C9H16N4. The van der Waals surface area contributed by atoms with Gasteiger partial charge in [0.25, 0.3) is 0 Å². The predicted molar refractivity (Wildman–Crippen MR) is 51.7 cm³/mol. The van der Waals surface area contributed by atoms with Gasteiger partial charge in [-0.15, -0.1) is 5.10 Å². The van der Waals surface area contributed by atoms with E-state index in [4.69, 9.17) is 0 Å². The Morgan fingerprint density at radius 1 is 1.62 bits per heavy atom. The Balaban J connectivity index is 2.11. The molecule has 13 heavy (non-hydrogen) atoms. The van der Waals surface area contributed by atoms with Gasteiger partial charge in [-0.05, 0) is 25.7 Å². The van der Waals surface area contributed by atoms with Gasteiger partial charge in [-0.3, -0.25) is 0 Å². The zero-order valence-electron chi connectivity index (χ0n) is 8.03. The second-order valence-electron chi connectivity index (χ2n) is 3.58. The molecule has 2 rings (SSSR count). The Hall–Kier alpha value is -1.06. The van der Waals surface area contributed by atoms with Gasteiger partial charge in [0.15, 0.2) is 5.82 Å². The maximum Gasteiger partial charge on any atom is 0.171 e. The molecule has 0 saturated carbocycles. The van der Waals surface area contributed by atoms with E-state index in [1.54, 1.807) is 0 Å². The summed E-state index contributed by atoms with van der Waals surface area (Å²) in [6.45, 7) is 3.37. The van der Waals surface area contributed by atoms with Crippen LogP contribution in [0.3, 0.4) is 0 Å². The van der Waals surface area contributed by atoms with Gasteiger partial charge < -0.3 is 4.90 Å². The number of nitrogens with zero attached hydrogens (tertiary/aromatic N) is 3. The number of piperidine rings is 1. The topological polar surface area (TPSA) is 44.8 Å². The number of anilines is 1. The number of nitrogens with one attached hydrogen (secondary N) is 1. The van der Waals surface area contributed by atoms with Gasteiger partial charge >= 0.3 is 0 Å². The lowest BCUT2D eigenvalue weighted by atomic mass is 10.0. The van der Waals surface area contributed by atoms with E-state index in [1.807, 2.05) is 6.20 Å². The highest BCUT2D eigenvalue weighted by molar-refractivity contribution is 5.36. The van der Waals surface area contributed by atoms with Crippen LogP contribution < -0.4 is 4.90 Å². The number of rotatable bonds is 2. The van der Waals surface area contributed by atoms with Crippen LogP contribution in [0.25, 0.3) is 0 Å². The summed E-state index contributed by atoms with van der Waals surface area (Å²) in [5, 5.41) is 10.6. The molecule has 0 aliphatic carbocycles. The lowest BCUT2D eigenvalue weighted by Gasteiger charge is -2.34. The van der Waals surface area contributed by atoms with Gasteiger partial charge in [-0.1, -0.05) is 6.92 Å². The zero-order valence-corrected chi connectivity index (χ0v) is 8.03. The van der Waals surface area contributed by atoms with Crippen molar-refractivity contribution in [3.63, 3.8) is 0 Å². The van der Waals surface area contributed by atoms with Crippen molar-refractivity contribution < 1.29 is 0 Å². The van der Waals surface area contributed by atoms with E-state index in [1.165, 1.54) is 25.7 Å². The third-order valence-corrected chi connectivity index (χ3v) is 2.79. The van der Waals surface area contributed by atoms with Crippen LogP contribution in [0.5, 0.6) is 0 Å². The van der Waals surface area contributed by atoms with Crippen molar-refractivity contribution in [2.24, 2.45) is 0 Å². The van der Waals surface area contributed by atoms with Crippen molar-refractivity contribution in [2.75, 3.05) is 11.4 Å². The molecular weight excluding hydrogens is 164 g/mol. The minimum Gasteiger partial charge on any atom is -0.351 e. The molecule has 0 bridgehead atoms. The first kappa shape index (κ1) is 8.53. The Morgan fingerprint density at radius 3 is 3.23 bits per heavy atom. The van der Waals surface area contributed by atoms with Crippen molar-refractivity contribution >= 4 is 5.82 Å². The number of aromatic nitrogens is 3.